The molecule has 0 saturated carbocycles. The number of nitrogens with two attached hydrogens (primary N) is 1. The predicted octanol–water partition coefficient (Wildman–Crippen LogP) is 1.36. The summed E-state index contributed by atoms with van der Waals surface area (Å²) in [5, 5.41) is 0. The Balaban J connectivity index is 2.68. The van der Waals surface area contributed by atoms with E-state index < -0.39 is 10.0 Å². The average Bonchev–Trinajstić information content (AvgIpc) is 2.28. The van der Waals surface area contributed by atoms with E-state index in [0.717, 1.165) is 25.8 Å². The smallest absolute Gasteiger partial charge is 0.231 e. The highest BCUT2D eigenvalue weighted by atomic mass is 32.2. The summed E-state index contributed by atoms with van der Waals surface area (Å²) in [6.07, 6.45) is 4.27. The van der Waals surface area contributed by atoms with Crippen molar-refractivity contribution in [2.75, 3.05) is 24.2 Å². The Hall–Kier alpha value is -1.07. The molecule has 1 rings (SSSR count). The van der Waals surface area contributed by atoms with E-state index >= 15 is 0 Å². The summed E-state index contributed by atoms with van der Waals surface area (Å²) >= 11 is 0. The molecule has 0 fully saturated rings. The summed E-state index contributed by atoms with van der Waals surface area (Å²) < 4.78 is 24.0. The van der Waals surface area contributed by atoms with Gasteiger partial charge < -0.3 is 5.73 Å². The molecule has 0 unspecified atom stereocenters. The highest BCUT2D eigenvalue weighted by molar-refractivity contribution is 7.92. The van der Waals surface area contributed by atoms with Gasteiger partial charge in [0.15, 0.2) is 0 Å². The van der Waals surface area contributed by atoms with Crippen LogP contribution >= 0.6 is 0 Å². The maximum Gasteiger partial charge on any atom is 0.231 e. The number of benzene rings is 1. The van der Waals surface area contributed by atoms with Gasteiger partial charge in [-0.1, -0.05) is 12.1 Å². The zero-order chi connectivity index (χ0) is 12.9. The molecule has 5 heteroatoms. The molecule has 17 heavy (non-hydrogen) atoms. The SMILES string of the molecule is CN(c1ccc(CCCCN)cc1)S(C)(=O)=O. The van der Waals surface area contributed by atoms with Gasteiger partial charge in [-0.25, -0.2) is 8.42 Å². The maximum absolute atomic E-state index is 11.3. The maximum atomic E-state index is 11.3. The fourth-order valence-corrected chi connectivity index (χ4v) is 2.04. The number of anilines is 1. The molecule has 4 nitrogen and oxygen atoms in total. The van der Waals surface area contributed by atoms with Gasteiger partial charge in [0.25, 0.3) is 0 Å². The topological polar surface area (TPSA) is 63.4 Å². The molecule has 1 aromatic carbocycles. The Morgan fingerprint density at radius 2 is 1.76 bits per heavy atom. The second-order valence-corrected chi connectivity index (χ2v) is 6.16. The first-order valence-corrected chi connectivity index (χ1v) is 7.53. The van der Waals surface area contributed by atoms with Crippen LogP contribution in [-0.2, 0) is 16.4 Å². The minimum atomic E-state index is -3.17. The monoisotopic (exact) mass is 256 g/mol. The summed E-state index contributed by atoms with van der Waals surface area (Å²) in [6, 6.07) is 7.60. The number of unbranched alkanes of at least 4 members (excludes halogenated alkanes) is 1. The van der Waals surface area contributed by atoms with Crippen LogP contribution in [0.5, 0.6) is 0 Å². The molecule has 0 atom stereocenters. The molecule has 0 aliphatic carbocycles. The fourth-order valence-electron chi connectivity index (χ4n) is 1.54. The molecule has 0 amide bonds. The van der Waals surface area contributed by atoms with Gasteiger partial charge in [-0.15, -0.1) is 0 Å². The van der Waals surface area contributed by atoms with Gasteiger partial charge in [-0.2, -0.15) is 0 Å². The lowest BCUT2D eigenvalue weighted by Crippen LogP contribution is -2.24. The number of hydrogen-bond donors (Lipinski definition) is 1. The van der Waals surface area contributed by atoms with Crippen molar-refractivity contribution >= 4 is 15.7 Å². The highest BCUT2D eigenvalue weighted by Crippen LogP contribution is 2.17. The van der Waals surface area contributed by atoms with Crippen molar-refractivity contribution in [1.82, 2.24) is 0 Å². The van der Waals surface area contributed by atoms with Crippen LogP contribution in [0.1, 0.15) is 18.4 Å². The van der Waals surface area contributed by atoms with E-state index in [4.69, 9.17) is 5.73 Å². The third-order valence-corrected chi connectivity index (χ3v) is 3.92. The van der Waals surface area contributed by atoms with Crippen molar-refractivity contribution in [3.8, 4) is 0 Å². The van der Waals surface area contributed by atoms with Crippen LogP contribution in [0, 0.1) is 0 Å². The van der Waals surface area contributed by atoms with E-state index in [2.05, 4.69) is 0 Å². The summed E-state index contributed by atoms with van der Waals surface area (Å²) in [5.74, 6) is 0. The molecule has 0 saturated heterocycles. The highest BCUT2D eigenvalue weighted by Gasteiger charge is 2.10. The molecular formula is C12H20N2O2S. The van der Waals surface area contributed by atoms with Gasteiger partial charge in [0.2, 0.25) is 10.0 Å². The lowest BCUT2D eigenvalue weighted by atomic mass is 10.1. The third-order valence-electron chi connectivity index (χ3n) is 2.72. The Kier molecular flexibility index (Phi) is 4.96. The first kappa shape index (κ1) is 14.0. The van der Waals surface area contributed by atoms with Crippen molar-refractivity contribution in [1.29, 1.82) is 0 Å². The van der Waals surface area contributed by atoms with E-state index in [1.165, 1.54) is 16.1 Å². The summed E-state index contributed by atoms with van der Waals surface area (Å²) in [6.45, 7) is 0.717. The van der Waals surface area contributed by atoms with Gasteiger partial charge >= 0.3 is 0 Å². The van der Waals surface area contributed by atoms with Gasteiger partial charge in [0.1, 0.15) is 0 Å². The lowest BCUT2D eigenvalue weighted by Gasteiger charge is -2.16. The molecule has 2 N–H and O–H groups in total. The first-order chi connectivity index (χ1) is 7.95. The zero-order valence-electron chi connectivity index (χ0n) is 10.4. The molecule has 96 valence electrons. The zero-order valence-corrected chi connectivity index (χ0v) is 11.2. The Morgan fingerprint density at radius 3 is 2.24 bits per heavy atom. The number of rotatable bonds is 6. The molecule has 1 aromatic rings. The third kappa shape index (κ3) is 4.36. The van der Waals surface area contributed by atoms with Crippen LogP contribution in [0.2, 0.25) is 0 Å². The Bertz CT molecular complexity index is 440. The van der Waals surface area contributed by atoms with Crippen LogP contribution in [0.15, 0.2) is 24.3 Å². The molecule has 0 bridgehead atoms. The fraction of sp³-hybridized carbons (Fsp3) is 0.500. The molecule has 0 aliphatic heterocycles. The van der Waals surface area contributed by atoms with Crippen LogP contribution < -0.4 is 10.0 Å². The molecule has 0 spiro atoms. The quantitative estimate of drug-likeness (QED) is 0.782. The van der Waals surface area contributed by atoms with Gasteiger partial charge in [0, 0.05) is 7.05 Å². The second kappa shape index (κ2) is 6.02. The standard InChI is InChI=1S/C12H20N2O2S/c1-14(17(2,15)16)12-8-6-11(7-9-12)5-3-4-10-13/h6-9H,3-5,10,13H2,1-2H3. The molecule has 0 heterocycles. The summed E-state index contributed by atoms with van der Waals surface area (Å²) in [7, 11) is -1.62. The molecular weight excluding hydrogens is 236 g/mol. The van der Waals surface area contributed by atoms with Crippen LogP contribution in [0.4, 0.5) is 5.69 Å². The minimum absolute atomic E-state index is 0.690. The van der Waals surface area contributed by atoms with Crippen molar-refractivity contribution in [3.05, 3.63) is 29.8 Å². The second-order valence-electron chi connectivity index (χ2n) is 4.14. The van der Waals surface area contributed by atoms with E-state index in [0.29, 0.717) is 5.69 Å². The molecule has 0 aliphatic rings. The van der Waals surface area contributed by atoms with E-state index in [1.54, 1.807) is 7.05 Å². The van der Waals surface area contributed by atoms with E-state index in [1.807, 2.05) is 24.3 Å². The van der Waals surface area contributed by atoms with Crippen LogP contribution in [0.3, 0.4) is 0 Å². The normalized spacial score (nSPS) is 11.5. The largest absolute Gasteiger partial charge is 0.330 e. The number of sulfonamides is 1. The number of hydrogen-bond acceptors (Lipinski definition) is 3. The number of aryl methyl sites for hydroxylation is 1. The van der Waals surface area contributed by atoms with Gasteiger partial charge in [0.05, 0.1) is 11.9 Å². The summed E-state index contributed by atoms with van der Waals surface area (Å²) in [5.41, 5.74) is 7.33. The average molecular weight is 256 g/mol. The molecule has 0 radical (unpaired) electrons. The van der Waals surface area contributed by atoms with Crippen LogP contribution in [0.25, 0.3) is 0 Å². The number of nitrogens with zero attached hydrogens (tertiary/aromatic N) is 1. The predicted molar refractivity (Wildman–Crippen MR) is 71.7 cm³/mol. The lowest BCUT2D eigenvalue weighted by molar-refractivity contribution is 0.600. The summed E-state index contributed by atoms with van der Waals surface area (Å²) in [4.78, 5) is 0. The van der Waals surface area contributed by atoms with E-state index in [9.17, 15) is 8.42 Å². The van der Waals surface area contributed by atoms with Crippen molar-refractivity contribution in [3.63, 3.8) is 0 Å². The Morgan fingerprint density at radius 1 is 1.18 bits per heavy atom. The van der Waals surface area contributed by atoms with Crippen molar-refractivity contribution in [2.24, 2.45) is 5.73 Å². The van der Waals surface area contributed by atoms with Gasteiger partial charge in [-0.05, 0) is 43.5 Å². The molecule has 0 aromatic heterocycles. The van der Waals surface area contributed by atoms with Crippen molar-refractivity contribution in [2.45, 2.75) is 19.3 Å². The van der Waals surface area contributed by atoms with E-state index in [-0.39, 0.29) is 0 Å². The Labute approximate surface area is 103 Å². The van der Waals surface area contributed by atoms with Crippen LogP contribution in [-0.4, -0.2) is 28.3 Å². The minimum Gasteiger partial charge on any atom is -0.330 e. The first-order valence-electron chi connectivity index (χ1n) is 5.68. The van der Waals surface area contributed by atoms with Gasteiger partial charge in [-0.3, -0.25) is 4.31 Å². The van der Waals surface area contributed by atoms with Crippen molar-refractivity contribution < 1.29 is 8.42 Å².